The molecule has 2 atom stereocenters. The van der Waals surface area contributed by atoms with E-state index in [1.54, 1.807) is 11.9 Å². The number of benzene rings is 1. The van der Waals surface area contributed by atoms with Crippen molar-refractivity contribution in [1.29, 1.82) is 0 Å². The van der Waals surface area contributed by atoms with Gasteiger partial charge in [0.2, 0.25) is 0 Å². The predicted octanol–water partition coefficient (Wildman–Crippen LogP) is 2.59. The fraction of sp³-hybridized carbons (Fsp3) is 0.571. The van der Waals surface area contributed by atoms with Crippen LogP contribution in [-0.4, -0.2) is 30.1 Å². The van der Waals surface area contributed by atoms with Crippen LogP contribution in [0.3, 0.4) is 0 Å². The average Bonchev–Trinajstić information content (AvgIpc) is 2.76. The van der Waals surface area contributed by atoms with Crippen molar-refractivity contribution in [3.8, 4) is 0 Å². The highest BCUT2D eigenvalue weighted by molar-refractivity contribution is 5.54. The molecule has 21 heavy (non-hydrogen) atoms. The highest BCUT2D eigenvalue weighted by Crippen LogP contribution is 2.34. The number of fused-ring (bicyclic) bond motifs is 2. The van der Waals surface area contributed by atoms with Crippen LogP contribution < -0.4 is 10.2 Å². The van der Waals surface area contributed by atoms with Crippen LogP contribution >= 0.6 is 0 Å². The molecule has 2 aliphatic heterocycles. The topological polar surface area (TPSA) is 58.4 Å². The molecule has 3 rings (SSSR count). The predicted molar refractivity (Wildman–Crippen MR) is 74.4 cm³/mol. The van der Waals surface area contributed by atoms with Gasteiger partial charge in [-0.3, -0.25) is 10.1 Å². The first kappa shape index (κ1) is 14.2. The molecular formula is C14H17F2N3O2. The maximum atomic E-state index is 14.1. The van der Waals surface area contributed by atoms with Gasteiger partial charge < -0.3 is 10.2 Å². The van der Waals surface area contributed by atoms with Gasteiger partial charge in [-0.25, -0.2) is 8.78 Å². The van der Waals surface area contributed by atoms with E-state index >= 15 is 0 Å². The lowest BCUT2D eigenvalue weighted by atomic mass is 9.98. The lowest BCUT2D eigenvalue weighted by molar-refractivity contribution is -0.385. The van der Waals surface area contributed by atoms with Gasteiger partial charge in [-0.2, -0.15) is 0 Å². The molecule has 1 aromatic rings. The summed E-state index contributed by atoms with van der Waals surface area (Å²) in [7, 11) is 1.66. The van der Waals surface area contributed by atoms with Crippen LogP contribution in [-0.2, 0) is 0 Å². The Morgan fingerprint density at radius 3 is 2.24 bits per heavy atom. The standard InChI is InChI=1S/C14H17F2N3O2/c1-18(10-4-8-2-3-9(5-10)17-8)14-12(15)6-11(19(20)21)7-13(14)16/h6-10,17H,2-5H2,1H3. The molecule has 0 aliphatic carbocycles. The van der Waals surface area contributed by atoms with E-state index in [-0.39, 0.29) is 11.7 Å². The summed E-state index contributed by atoms with van der Waals surface area (Å²) >= 11 is 0. The number of non-ortho nitro benzene ring substituents is 1. The molecule has 2 saturated heterocycles. The lowest BCUT2D eigenvalue weighted by Gasteiger charge is -2.37. The quantitative estimate of drug-likeness (QED) is 0.688. The third-order valence-electron chi connectivity index (χ3n) is 4.56. The summed E-state index contributed by atoms with van der Waals surface area (Å²) in [5.74, 6) is -1.76. The van der Waals surface area contributed by atoms with Crippen LogP contribution in [0, 0.1) is 21.7 Å². The highest BCUT2D eigenvalue weighted by Gasteiger charge is 2.36. The minimum atomic E-state index is -0.880. The SMILES string of the molecule is CN(c1c(F)cc([N+](=O)[O-])cc1F)C1CC2CCC(C1)N2. The third kappa shape index (κ3) is 2.57. The molecule has 0 aromatic heterocycles. The van der Waals surface area contributed by atoms with Crippen LogP contribution in [0.15, 0.2) is 12.1 Å². The number of nitro groups is 1. The number of nitrogens with one attached hydrogen (secondary N) is 1. The molecule has 2 fully saturated rings. The van der Waals surface area contributed by atoms with Gasteiger partial charge in [0.15, 0.2) is 11.6 Å². The Morgan fingerprint density at radius 2 is 1.76 bits per heavy atom. The normalized spacial score (nSPS) is 27.7. The molecule has 1 N–H and O–H groups in total. The summed E-state index contributed by atoms with van der Waals surface area (Å²) in [4.78, 5) is 11.4. The van der Waals surface area contributed by atoms with Crippen molar-refractivity contribution in [1.82, 2.24) is 5.32 Å². The van der Waals surface area contributed by atoms with Crippen molar-refractivity contribution in [2.75, 3.05) is 11.9 Å². The Bertz CT molecular complexity index is 546. The molecule has 2 bridgehead atoms. The van der Waals surface area contributed by atoms with Gasteiger partial charge in [0.25, 0.3) is 5.69 Å². The maximum absolute atomic E-state index is 14.1. The number of piperidine rings is 1. The van der Waals surface area contributed by atoms with E-state index < -0.39 is 22.2 Å². The zero-order valence-corrected chi connectivity index (χ0v) is 11.7. The molecular weight excluding hydrogens is 280 g/mol. The number of hydrogen-bond donors (Lipinski definition) is 1. The summed E-state index contributed by atoms with van der Waals surface area (Å²) < 4.78 is 28.2. The van der Waals surface area contributed by atoms with Crippen LogP contribution in [0.5, 0.6) is 0 Å². The van der Waals surface area contributed by atoms with Crippen molar-refractivity contribution in [2.24, 2.45) is 0 Å². The molecule has 0 saturated carbocycles. The first-order valence-corrected chi connectivity index (χ1v) is 7.08. The van der Waals surface area contributed by atoms with Gasteiger partial charge in [-0.1, -0.05) is 0 Å². The van der Waals surface area contributed by atoms with Crippen molar-refractivity contribution < 1.29 is 13.7 Å². The summed E-state index contributed by atoms with van der Waals surface area (Å²) in [6, 6.07) is 2.42. The summed E-state index contributed by atoms with van der Waals surface area (Å²) in [5, 5.41) is 14.1. The van der Waals surface area contributed by atoms with Crippen LogP contribution in [0.1, 0.15) is 25.7 Å². The minimum Gasteiger partial charge on any atom is -0.367 e. The Kier molecular flexibility index (Phi) is 3.52. The smallest absolute Gasteiger partial charge is 0.275 e. The molecule has 2 unspecified atom stereocenters. The van der Waals surface area contributed by atoms with E-state index in [4.69, 9.17) is 0 Å². The van der Waals surface area contributed by atoms with E-state index in [0.717, 1.165) is 37.8 Å². The fourth-order valence-electron chi connectivity index (χ4n) is 3.52. The molecule has 7 heteroatoms. The van der Waals surface area contributed by atoms with Gasteiger partial charge in [0.05, 0.1) is 17.1 Å². The van der Waals surface area contributed by atoms with Crippen LogP contribution in [0.2, 0.25) is 0 Å². The monoisotopic (exact) mass is 297 g/mol. The zero-order valence-electron chi connectivity index (χ0n) is 11.7. The lowest BCUT2D eigenvalue weighted by Crippen LogP contribution is -2.47. The zero-order chi connectivity index (χ0) is 15.1. The Hall–Kier alpha value is -1.76. The number of rotatable bonds is 3. The van der Waals surface area contributed by atoms with E-state index in [0.29, 0.717) is 12.1 Å². The van der Waals surface area contributed by atoms with Gasteiger partial charge >= 0.3 is 0 Å². The Morgan fingerprint density at radius 1 is 1.24 bits per heavy atom. The van der Waals surface area contributed by atoms with Gasteiger partial charge in [0, 0.05) is 25.2 Å². The molecule has 1 aromatic carbocycles. The number of hydrogen-bond acceptors (Lipinski definition) is 4. The first-order valence-electron chi connectivity index (χ1n) is 7.08. The van der Waals surface area contributed by atoms with Gasteiger partial charge in [0.1, 0.15) is 5.69 Å². The average molecular weight is 297 g/mol. The van der Waals surface area contributed by atoms with E-state index in [1.165, 1.54) is 0 Å². The molecule has 2 heterocycles. The van der Waals surface area contributed by atoms with Crippen LogP contribution in [0.4, 0.5) is 20.2 Å². The molecule has 0 amide bonds. The fourth-order valence-corrected chi connectivity index (χ4v) is 3.52. The molecule has 0 spiro atoms. The van der Waals surface area contributed by atoms with Crippen molar-refractivity contribution >= 4 is 11.4 Å². The summed E-state index contributed by atoms with van der Waals surface area (Å²) in [5.41, 5.74) is -0.737. The second kappa shape index (κ2) is 5.22. The third-order valence-corrected chi connectivity index (χ3v) is 4.56. The molecule has 0 radical (unpaired) electrons. The maximum Gasteiger partial charge on any atom is 0.275 e. The number of anilines is 1. The summed E-state index contributed by atoms with van der Waals surface area (Å²) in [6.45, 7) is 0. The number of nitrogens with zero attached hydrogens (tertiary/aromatic N) is 2. The van der Waals surface area contributed by atoms with Crippen molar-refractivity contribution in [3.05, 3.63) is 33.9 Å². The largest absolute Gasteiger partial charge is 0.367 e. The number of nitro benzene ring substituents is 1. The first-order chi connectivity index (χ1) is 9.95. The minimum absolute atomic E-state index is 0.0502. The second-order valence-electron chi connectivity index (χ2n) is 5.89. The van der Waals surface area contributed by atoms with Gasteiger partial charge in [-0.15, -0.1) is 0 Å². The Labute approximate surface area is 121 Å². The van der Waals surface area contributed by atoms with Crippen LogP contribution in [0.25, 0.3) is 0 Å². The molecule has 2 aliphatic rings. The van der Waals surface area contributed by atoms with E-state index in [2.05, 4.69) is 5.32 Å². The second-order valence-corrected chi connectivity index (χ2v) is 5.89. The Balaban J connectivity index is 1.87. The van der Waals surface area contributed by atoms with Crippen molar-refractivity contribution in [3.63, 3.8) is 0 Å². The molecule has 5 nitrogen and oxygen atoms in total. The molecule has 114 valence electrons. The number of halogens is 2. The van der Waals surface area contributed by atoms with Crippen molar-refractivity contribution in [2.45, 2.75) is 43.8 Å². The van der Waals surface area contributed by atoms with E-state index in [9.17, 15) is 18.9 Å². The van der Waals surface area contributed by atoms with E-state index in [1.807, 2.05) is 0 Å². The summed E-state index contributed by atoms with van der Waals surface area (Å²) in [6.07, 6.45) is 3.87. The highest BCUT2D eigenvalue weighted by atomic mass is 19.1. The van der Waals surface area contributed by atoms with Gasteiger partial charge in [-0.05, 0) is 25.7 Å².